The van der Waals surface area contributed by atoms with E-state index in [1.807, 2.05) is 0 Å². The number of halogens is 2. The minimum atomic E-state index is -3.79. The molecule has 0 saturated carbocycles. The first-order chi connectivity index (χ1) is 12.9. The number of amides is 1. The van der Waals surface area contributed by atoms with Crippen molar-refractivity contribution in [2.24, 2.45) is 0 Å². The maximum Gasteiger partial charge on any atom is 0.246 e. The van der Waals surface area contributed by atoms with Crippen LogP contribution >= 0.6 is 0 Å². The average molecular weight is 392 g/mol. The number of rotatable bonds is 4. The number of nitrogens with zero attached hydrogens (tertiary/aromatic N) is 2. The van der Waals surface area contributed by atoms with Gasteiger partial charge in [0.05, 0.1) is 4.90 Å². The smallest absolute Gasteiger partial charge is 0.246 e. The summed E-state index contributed by atoms with van der Waals surface area (Å²) < 4.78 is 52.6. The number of hydrogen-bond donors (Lipinski definition) is 0. The van der Waals surface area contributed by atoms with Gasteiger partial charge in [0.25, 0.3) is 0 Å². The third-order valence-corrected chi connectivity index (χ3v) is 6.17. The van der Waals surface area contributed by atoms with Crippen LogP contribution < -0.4 is 0 Å². The molecule has 27 heavy (non-hydrogen) atoms. The molecule has 142 valence electrons. The quantitative estimate of drug-likeness (QED) is 0.752. The van der Waals surface area contributed by atoms with Gasteiger partial charge in [-0.15, -0.1) is 0 Å². The Morgan fingerprint density at radius 1 is 0.926 bits per heavy atom. The topological polar surface area (TPSA) is 57.7 Å². The van der Waals surface area contributed by atoms with Crippen LogP contribution in [-0.2, 0) is 14.8 Å². The molecule has 0 bridgehead atoms. The van der Waals surface area contributed by atoms with E-state index in [9.17, 15) is 22.0 Å². The molecular weight excluding hydrogens is 374 g/mol. The molecule has 1 aliphatic heterocycles. The van der Waals surface area contributed by atoms with Gasteiger partial charge in [-0.1, -0.05) is 18.2 Å². The predicted octanol–water partition coefficient (Wildman–Crippen LogP) is 2.51. The fourth-order valence-corrected chi connectivity index (χ4v) is 4.23. The van der Waals surface area contributed by atoms with Gasteiger partial charge < -0.3 is 4.90 Å². The minimum Gasteiger partial charge on any atom is -0.337 e. The molecule has 5 nitrogen and oxygen atoms in total. The molecule has 3 rings (SSSR count). The van der Waals surface area contributed by atoms with Gasteiger partial charge in [0.15, 0.2) is 0 Å². The molecule has 2 aromatic carbocycles. The van der Waals surface area contributed by atoms with E-state index in [1.54, 1.807) is 18.2 Å². The largest absolute Gasteiger partial charge is 0.337 e. The predicted molar refractivity (Wildman–Crippen MR) is 97.2 cm³/mol. The van der Waals surface area contributed by atoms with Crippen molar-refractivity contribution in [1.29, 1.82) is 0 Å². The number of sulfonamides is 1. The fraction of sp³-hybridized carbons (Fsp3) is 0.211. The number of benzene rings is 2. The zero-order chi connectivity index (χ0) is 19.4. The molecule has 0 aliphatic carbocycles. The Morgan fingerprint density at radius 3 is 2.22 bits per heavy atom. The molecule has 0 radical (unpaired) electrons. The van der Waals surface area contributed by atoms with Gasteiger partial charge in [-0.25, -0.2) is 17.2 Å². The van der Waals surface area contributed by atoms with E-state index in [2.05, 4.69) is 0 Å². The van der Waals surface area contributed by atoms with Crippen LogP contribution in [0.3, 0.4) is 0 Å². The van der Waals surface area contributed by atoms with E-state index in [4.69, 9.17) is 0 Å². The van der Waals surface area contributed by atoms with Gasteiger partial charge in [-0.2, -0.15) is 4.31 Å². The molecule has 1 fully saturated rings. The lowest BCUT2D eigenvalue weighted by Crippen LogP contribution is -2.50. The Bertz CT molecular complexity index is 951. The van der Waals surface area contributed by atoms with E-state index >= 15 is 0 Å². The fourth-order valence-electron chi connectivity index (χ4n) is 2.77. The van der Waals surface area contributed by atoms with Crippen LogP contribution in [0.2, 0.25) is 0 Å². The maximum atomic E-state index is 13.3. The lowest BCUT2D eigenvalue weighted by molar-refractivity contribution is -0.127. The van der Waals surface area contributed by atoms with E-state index in [0.717, 1.165) is 6.07 Å². The number of hydrogen-bond acceptors (Lipinski definition) is 3. The molecule has 1 heterocycles. The summed E-state index contributed by atoms with van der Waals surface area (Å²) >= 11 is 0. The normalized spacial score (nSPS) is 16.0. The number of carbonyl (C=O) groups is 1. The van der Waals surface area contributed by atoms with Crippen molar-refractivity contribution in [3.8, 4) is 0 Å². The summed E-state index contributed by atoms with van der Waals surface area (Å²) in [6.45, 7) is 0.742. The molecule has 8 heteroatoms. The second kappa shape index (κ2) is 7.98. The minimum absolute atomic E-state index is 0.0986. The molecule has 2 aromatic rings. The first kappa shape index (κ1) is 19.2. The molecule has 0 unspecified atom stereocenters. The van der Waals surface area contributed by atoms with Crippen LogP contribution in [0.15, 0.2) is 59.5 Å². The van der Waals surface area contributed by atoms with Crippen LogP contribution in [-0.4, -0.2) is 49.7 Å². The summed E-state index contributed by atoms with van der Waals surface area (Å²) in [5.41, 5.74) is 0.692. The standard InChI is InChI=1S/C19H18F2N2O3S/c20-16-7-4-15(5-8-16)6-9-19(24)22-10-12-23(13-11-22)27(25,26)18-3-1-2-17(21)14-18/h1-9,14H,10-13H2/b9-6+. The zero-order valence-electron chi connectivity index (χ0n) is 14.4. The van der Waals surface area contributed by atoms with Crippen molar-refractivity contribution in [2.75, 3.05) is 26.2 Å². The van der Waals surface area contributed by atoms with Gasteiger partial charge in [-0.3, -0.25) is 4.79 Å². The molecule has 1 amide bonds. The molecule has 1 aliphatic rings. The van der Waals surface area contributed by atoms with Crippen LogP contribution in [0, 0.1) is 11.6 Å². The highest BCUT2D eigenvalue weighted by molar-refractivity contribution is 7.89. The van der Waals surface area contributed by atoms with Crippen molar-refractivity contribution in [1.82, 2.24) is 9.21 Å². The summed E-state index contributed by atoms with van der Waals surface area (Å²) in [5, 5.41) is 0. The summed E-state index contributed by atoms with van der Waals surface area (Å²) in [7, 11) is -3.79. The Kier molecular flexibility index (Phi) is 5.67. The lowest BCUT2D eigenvalue weighted by atomic mass is 10.2. The second-order valence-corrected chi connectivity index (χ2v) is 8.01. The maximum absolute atomic E-state index is 13.3. The third kappa shape index (κ3) is 4.58. The first-order valence-electron chi connectivity index (χ1n) is 8.34. The van der Waals surface area contributed by atoms with E-state index in [0.29, 0.717) is 5.56 Å². The lowest BCUT2D eigenvalue weighted by Gasteiger charge is -2.33. The van der Waals surface area contributed by atoms with Crippen LogP contribution in [0.4, 0.5) is 8.78 Å². The van der Waals surface area contributed by atoms with Crippen molar-refractivity contribution in [3.63, 3.8) is 0 Å². The summed E-state index contributed by atoms with van der Waals surface area (Å²) in [6, 6.07) is 10.6. The van der Waals surface area contributed by atoms with E-state index in [1.165, 1.54) is 45.6 Å². The second-order valence-electron chi connectivity index (χ2n) is 6.07. The Balaban J connectivity index is 1.61. The van der Waals surface area contributed by atoms with Crippen LogP contribution in [0.25, 0.3) is 6.08 Å². The highest BCUT2D eigenvalue weighted by Gasteiger charge is 2.29. The molecular formula is C19H18F2N2O3S. The summed E-state index contributed by atoms with van der Waals surface area (Å²) in [4.78, 5) is 13.7. The molecule has 1 saturated heterocycles. The van der Waals surface area contributed by atoms with Gasteiger partial charge in [0.1, 0.15) is 11.6 Å². The number of carbonyl (C=O) groups excluding carboxylic acids is 1. The van der Waals surface area contributed by atoms with Crippen molar-refractivity contribution in [2.45, 2.75) is 4.90 Å². The van der Waals surface area contributed by atoms with Crippen molar-refractivity contribution >= 4 is 22.0 Å². The Labute approximate surface area is 156 Å². The van der Waals surface area contributed by atoms with Gasteiger partial charge in [0, 0.05) is 32.3 Å². The Hall–Kier alpha value is -2.58. The van der Waals surface area contributed by atoms with Gasteiger partial charge in [0.2, 0.25) is 15.9 Å². The summed E-state index contributed by atoms with van der Waals surface area (Å²) in [6.07, 6.45) is 2.96. The van der Waals surface area contributed by atoms with Crippen molar-refractivity contribution < 1.29 is 22.0 Å². The highest BCUT2D eigenvalue weighted by atomic mass is 32.2. The van der Waals surface area contributed by atoms with Crippen LogP contribution in [0.5, 0.6) is 0 Å². The molecule has 0 aromatic heterocycles. The van der Waals surface area contributed by atoms with Crippen molar-refractivity contribution in [3.05, 3.63) is 71.8 Å². The van der Waals surface area contributed by atoms with E-state index < -0.39 is 15.8 Å². The Morgan fingerprint density at radius 2 is 1.59 bits per heavy atom. The number of piperazine rings is 1. The van der Waals surface area contributed by atoms with Crippen LogP contribution in [0.1, 0.15) is 5.56 Å². The monoisotopic (exact) mass is 392 g/mol. The molecule has 0 atom stereocenters. The van der Waals surface area contributed by atoms with Gasteiger partial charge in [-0.05, 0) is 42.0 Å². The zero-order valence-corrected chi connectivity index (χ0v) is 15.2. The average Bonchev–Trinajstić information content (AvgIpc) is 2.67. The third-order valence-electron chi connectivity index (χ3n) is 4.27. The first-order valence-corrected chi connectivity index (χ1v) is 9.78. The summed E-state index contributed by atoms with van der Waals surface area (Å²) in [5.74, 6) is -1.22. The van der Waals surface area contributed by atoms with Gasteiger partial charge >= 0.3 is 0 Å². The molecule has 0 N–H and O–H groups in total. The molecule has 0 spiro atoms. The highest BCUT2D eigenvalue weighted by Crippen LogP contribution is 2.18. The van der Waals surface area contributed by atoms with E-state index in [-0.39, 0.29) is 42.8 Å². The SMILES string of the molecule is O=C(/C=C/c1ccc(F)cc1)N1CCN(S(=O)(=O)c2cccc(F)c2)CC1.